The zero-order valence-electron chi connectivity index (χ0n) is 10.9. The molecule has 1 unspecified atom stereocenters. The van der Waals surface area contributed by atoms with Crippen LogP contribution in [0.4, 0.5) is 0 Å². The van der Waals surface area contributed by atoms with E-state index in [1.807, 2.05) is 25.1 Å². The summed E-state index contributed by atoms with van der Waals surface area (Å²) in [5, 5.41) is 0. The average Bonchev–Trinajstić information content (AvgIpc) is 2.86. The van der Waals surface area contributed by atoms with Crippen LogP contribution in [0.5, 0.6) is 0 Å². The molecular formula is C15H18O3. The predicted octanol–water partition coefficient (Wildman–Crippen LogP) is 2.56. The summed E-state index contributed by atoms with van der Waals surface area (Å²) in [6.45, 7) is 1.83. The highest BCUT2D eigenvalue weighted by atomic mass is 16.5. The molecular weight excluding hydrogens is 228 g/mol. The van der Waals surface area contributed by atoms with Crippen molar-refractivity contribution in [2.75, 3.05) is 7.11 Å². The first-order valence-electron chi connectivity index (χ1n) is 6.41. The fourth-order valence-corrected chi connectivity index (χ4v) is 2.53. The molecule has 0 fully saturated rings. The zero-order chi connectivity index (χ0) is 13.1. The number of carbonyl (C=O) groups excluding carboxylic acids is 2. The van der Waals surface area contributed by atoms with E-state index in [0.29, 0.717) is 12.0 Å². The molecule has 0 aliphatic heterocycles. The van der Waals surface area contributed by atoms with Gasteiger partial charge in [0.1, 0.15) is 5.92 Å². The quantitative estimate of drug-likeness (QED) is 0.466. The van der Waals surface area contributed by atoms with Crippen LogP contribution in [0.1, 0.15) is 41.3 Å². The fraction of sp³-hybridized carbons (Fsp3) is 0.467. The first kappa shape index (κ1) is 12.8. The second-order valence-corrected chi connectivity index (χ2v) is 4.69. The van der Waals surface area contributed by atoms with E-state index in [0.717, 1.165) is 19.3 Å². The van der Waals surface area contributed by atoms with Gasteiger partial charge in [0.2, 0.25) is 0 Å². The molecule has 1 aliphatic rings. The number of aryl methyl sites for hydroxylation is 2. The highest BCUT2D eigenvalue weighted by Crippen LogP contribution is 2.24. The molecule has 1 aromatic carbocycles. The molecule has 0 radical (unpaired) electrons. The minimum atomic E-state index is -0.672. The summed E-state index contributed by atoms with van der Waals surface area (Å²) in [4.78, 5) is 23.8. The lowest BCUT2D eigenvalue weighted by Gasteiger charge is -2.12. The van der Waals surface area contributed by atoms with Crippen LogP contribution in [-0.2, 0) is 22.4 Å². The SMILES string of the molecule is CCC(C(=O)OC)C(=O)c1ccc2c(c1)CCC2. The van der Waals surface area contributed by atoms with Crippen LogP contribution in [0.2, 0.25) is 0 Å². The highest BCUT2D eigenvalue weighted by molar-refractivity contribution is 6.08. The minimum absolute atomic E-state index is 0.126. The van der Waals surface area contributed by atoms with Gasteiger partial charge in [-0.15, -0.1) is 0 Å². The molecule has 1 aromatic rings. The van der Waals surface area contributed by atoms with Crippen molar-refractivity contribution in [1.29, 1.82) is 0 Å². The fourth-order valence-electron chi connectivity index (χ4n) is 2.53. The van der Waals surface area contributed by atoms with Crippen LogP contribution in [0, 0.1) is 5.92 Å². The topological polar surface area (TPSA) is 43.4 Å². The van der Waals surface area contributed by atoms with Gasteiger partial charge in [-0.2, -0.15) is 0 Å². The Labute approximate surface area is 107 Å². The van der Waals surface area contributed by atoms with E-state index >= 15 is 0 Å². The minimum Gasteiger partial charge on any atom is -0.468 e. The van der Waals surface area contributed by atoms with Crippen molar-refractivity contribution >= 4 is 11.8 Å². The molecule has 18 heavy (non-hydrogen) atoms. The van der Waals surface area contributed by atoms with Gasteiger partial charge in [0, 0.05) is 5.56 Å². The van der Waals surface area contributed by atoms with E-state index in [-0.39, 0.29) is 5.78 Å². The Kier molecular flexibility index (Phi) is 3.80. The number of hydrogen-bond acceptors (Lipinski definition) is 3. The van der Waals surface area contributed by atoms with Crippen LogP contribution in [0.3, 0.4) is 0 Å². The Morgan fingerprint density at radius 2 is 2.00 bits per heavy atom. The number of benzene rings is 1. The molecule has 0 amide bonds. The van der Waals surface area contributed by atoms with Crippen molar-refractivity contribution in [3.05, 3.63) is 34.9 Å². The van der Waals surface area contributed by atoms with Gasteiger partial charge in [0.25, 0.3) is 0 Å². The van der Waals surface area contributed by atoms with Gasteiger partial charge in [-0.25, -0.2) is 0 Å². The molecule has 0 N–H and O–H groups in total. The summed E-state index contributed by atoms with van der Waals surface area (Å²) < 4.78 is 4.68. The summed E-state index contributed by atoms with van der Waals surface area (Å²) in [6, 6.07) is 5.79. The highest BCUT2D eigenvalue weighted by Gasteiger charge is 2.27. The summed E-state index contributed by atoms with van der Waals surface area (Å²) in [5.41, 5.74) is 3.21. The number of ketones is 1. The summed E-state index contributed by atoms with van der Waals surface area (Å²) in [6.07, 6.45) is 3.76. The van der Waals surface area contributed by atoms with Crippen molar-refractivity contribution in [3.63, 3.8) is 0 Å². The Morgan fingerprint density at radius 3 is 2.67 bits per heavy atom. The second kappa shape index (κ2) is 5.34. The third-order valence-electron chi connectivity index (χ3n) is 3.59. The molecule has 1 atom stereocenters. The van der Waals surface area contributed by atoms with E-state index in [1.54, 1.807) is 0 Å². The van der Waals surface area contributed by atoms with Crippen LogP contribution >= 0.6 is 0 Å². The molecule has 0 spiro atoms. The molecule has 0 aromatic heterocycles. The van der Waals surface area contributed by atoms with Crippen molar-refractivity contribution in [3.8, 4) is 0 Å². The number of esters is 1. The van der Waals surface area contributed by atoms with Gasteiger partial charge in [0.05, 0.1) is 7.11 Å². The number of Topliss-reactive ketones (excluding diaryl/α,β-unsaturated/α-hetero) is 1. The van der Waals surface area contributed by atoms with E-state index in [2.05, 4.69) is 4.74 Å². The smallest absolute Gasteiger partial charge is 0.316 e. The summed E-state index contributed by atoms with van der Waals surface area (Å²) >= 11 is 0. The van der Waals surface area contributed by atoms with Gasteiger partial charge in [-0.3, -0.25) is 9.59 Å². The van der Waals surface area contributed by atoms with E-state index < -0.39 is 11.9 Å². The molecule has 2 rings (SSSR count). The average molecular weight is 246 g/mol. The maximum absolute atomic E-state index is 12.3. The summed E-state index contributed by atoms with van der Waals surface area (Å²) in [7, 11) is 1.32. The molecule has 0 saturated heterocycles. The first-order valence-corrected chi connectivity index (χ1v) is 6.41. The first-order chi connectivity index (χ1) is 8.67. The van der Waals surface area contributed by atoms with Crippen molar-refractivity contribution in [2.24, 2.45) is 5.92 Å². The van der Waals surface area contributed by atoms with Crippen molar-refractivity contribution in [2.45, 2.75) is 32.6 Å². The number of carbonyl (C=O) groups is 2. The number of hydrogen-bond donors (Lipinski definition) is 0. The molecule has 0 heterocycles. The maximum Gasteiger partial charge on any atom is 0.316 e. The Morgan fingerprint density at radius 1 is 1.28 bits per heavy atom. The Bertz CT molecular complexity index is 477. The molecule has 96 valence electrons. The van der Waals surface area contributed by atoms with Crippen LogP contribution in [0.25, 0.3) is 0 Å². The predicted molar refractivity (Wildman–Crippen MR) is 68.6 cm³/mol. The third-order valence-corrected chi connectivity index (χ3v) is 3.59. The monoisotopic (exact) mass is 246 g/mol. The normalized spacial score (nSPS) is 15.0. The lowest BCUT2D eigenvalue weighted by Crippen LogP contribution is -2.24. The molecule has 3 nitrogen and oxygen atoms in total. The van der Waals surface area contributed by atoms with Gasteiger partial charge in [-0.05, 0) is 42.9 Å². The standard InChI is InChI=1S/C15H18O3/c1-3-13(15(17)18-2)14(16)12-8-7-10-5-4-6-11(10)9-12/h7-9,13H,3-6H2,1-2H3. The van der Waals surface area contributed by atoms with E-state index in [9.17, 15) is 9.59 Å². The van der Waals surface area contributed by atoms with Crippen LogP contribution in [0.15, 0.2) is 18.2 Å². The summed E-state index contributed by atoms with van der Waals surface area (Å²) in [5.74, 6) is -1.24. The van der Waals surface area contributed by atoms with Crippen molar-refractivity contribution in [1.82, 2.24) is 0 Å². The van der Waals surface area contributed by atoms with Crippen molar-refractivity contribution < 1.29 is 14.3 Å². The maximum atomic E-state index is 12.3. The third kappa shape index (κ3) is 2.30. The van der Waals surface area contributed by atoms with Gasteiger partial charge < -0.3 is 4.74 Å². The largest absolute Gasteiger partial charge is 0.468 e. The number of rotatable bonds is 4. The Balaban J connectivity index is 2.25. The van der Waals surface area contributed by atoms with Gasteiger partial charge in [0.15, 0.2) is 5.78 Å². The lowest BCUT2D eigenvalue weighted by molar-refractivity contribution is -0.143. The lowest BCUT2D eigenvalue weighted by atomic mass is 9.93. The van der Waals surface area contributed by atoms with Gasteiger partial charge in [-0.1, -0.05) is 19.1 Å². The van der Waals surface area contributed by atoms with E-state index in [4.69, 9.17) is 0 Å². The number of ether oxygens (including phenoxy) is 1. The number of fused-ring (bicyclic) bond motifs is 1. The number of methoxy groups -OCH3 is 1. The van der Waals surface area contributed by atoms with Crippen LogP contribution < -0.4 is 0 Å². The zero-order valence-corrected chi connectivity index (χ0v) is 10.9. The molecule has 0 saturated carbocycles. The van der Waals surface area contributed by atoms with Gasteiger partial charge >= 0.3 is 5.97 Å². The van der Waals surface area contributed by atoms with Crippen LogP contribution in [-0.4, -0.2) is 18.9 Å². The molecule has 0 bridgehead atoms. The molecule has 1 aliphatic carbocycles. The van der Waals surface area contributed by atoms with E-state index in [1.165, 1.54) is 18.2 Å². The molecule has 3 heteroatoms. The second-order valence-electron chi connectivity index (χ2n) is 4.69. The Hall–Kier alpha value is -1.64.